The molecule has 0 spiro atoms. The molecule has 3 rings (SSSR count). The maximum Gasteiger partial charge on any atom is 0.289 e. The third kappa shape index (κ3) is 2.73. The van der Waals surface area contributed by atoms with Crippen LogP contribution in [-0.2, 0) is 0 Å². The van der Waals surface area contributed by atoms with Crippen LogP contribution in [0.1, 0.15) is 60.3 Å². The van der Waals surface area contributed by atoms with Crippen LogP contribution in [0, 0.1) is 0 Å². The summed E-state index contributed by atoms with van der Waals surface area (Å²) < 4.78 is 5.46. The van der Waals surface area contributed by atoms with Gasteiger partial charge in [0.25, 0.3) is 5.91 Å². The van der Waals surface area contributed by atoms with E-state index >= 15 is 0 Å². The van der Waals surface area contributed by atoms with E-state index in [1.807, 2.05) is 17.0 Å². The van der Waals surface area contributed by atoms with Gasteiger partial charge in [-0.1, -0.05) is 13.8 Å². The van der Waals surface area contributed by atoms with E-state index < -0.39 is 0 Å². The molecule has 0 saturated carbocycles. The Kier molecular flexibility index (Phi) is 3.82. The van der Waals surface area contributed by atoms with E-state index in [2.05, 4.69) is 24.0 Å². The second kappa shape index (κ2) is 5.76. The fraction of sp³-hybridized carbons (Fsp3) is 0.500. The van der Waals surface area contributed by atoms with Gasteiger partial charge in [0.05, 0.1) is 6.26 Å². The van der Waals surface area contributed by atoms with E-state index in [1.165, 1.54) is 0 Å². The Morgan fingerprint density at radius 3 is 3.05 bits per heavy atom. The smallest absolute Gasteiger partial charge is 0.289 e. The predicted molar refractivity (Wildman–Crippen MR) is 79.3 cm³/mol. The molecule has 0 aliphatic carbocycles. The molecule has 5 nitrogen and oxygen atoms in total. The van der Waals surface area contributed by atoms with Crippen molar-refractivity contribution in [3.8, 4) is 0 Å². The Bertz CT molecular complexity index is 601. The maximum absolute atomic E-state index is 12.7. The highest BCUT2D eigenvalue weighted by molar-refractivity contribution is 5.93. The fourth-order valence-electron chi connectivity index (χ4n) is 3.00. The number of rotatable bonds is 3. The van der Waals surface area contributed by atoms with Gasteiger partial charge in [-0.05, 0) is 30.9 Å². The molecule has 1 N–H and O–H groups in total. The standard InChI is InChI=1S/C16H21N3O2/c1-11(2)13-6-9-21-15(13)16(20)19-8-3-4-12(10-19)14-5-7-17-18-14/h5-7,9,11-12H,3-4,8,10H2,1-2H3,(H,17,18). The average molecular weight is 287 g/mol. The van der Waals surface area contributed by atoms with Crippen molar-refractivity contribution in [2.45, 2.75) is 38.5 Å². The van der Waals surface area contributed by atoms with Crippen LogP contribution in [0.5, 0.6) is 0 Å². The largest absolute Gasteiger partial charge is 0.459 e. The number of carbonyl (C=O) groups excluding carboxylic acids is 1. The monoisotopic (exact) mass is 287 g/mol. The molecule has 1 aliphatic heterocycles. The first kappa shape index (κ1) is 13.9. The number of carbonyl (C=O) groups is 1. The molecular weight excluding hydrogens is 266 g/mol. The molecule has 0 bridgehead atoms. The minimum Gasteiger partial charge on any atom is -0.459 e. The lowest BCUT2D eigenvalue weighted by Gasteiger charge is -2.32. The Morgan fingerprint density at radius 1 is 1.48 bits per heavy atom. The van der Waals surface area contributed by atoms with Crippen LogP contribution >= 0.6 is 0 Å². The molecular formula is C16H21N3O2. The maximum atomic E-state index is 12.7. The summed E-state index contributed by atoms with van der Waals surface area (Å²) in [6.07, 6.45) is 5.46. The van der Waals surface area contributed by atoms with Gasteiger partial charge in [0.15, 0.2) is 5.76 Å². The van der Waals surface area contributed by atoms with E-state index in [1.54, 1.807) is 12.5 Å². The molecule has 1 amide bonds. The van der Waals surface area contributed by atoms with Gasteiger partial charge in [-0.3, -0.25) is 9.89 Å². The summed E-state index contributed by atoms with van der Waals surface area (Å²) in [6.45, 7) is 5.66. The Balaban J connectivity index is 1.77. The van der Waals surface area contributed by atoms with Crippen molar-refractivity contribution in [2.75, 3.05) is 13.1 Å². The molecule has 0 radical (unpaired) electrons. The zero-order valence-corrected chi connectivity index (χ0v) is 12.5. The van der Waals surface area contributed by atoms with Gasteiger partial charge in [-0.2, -0.15) is 5.10 Å². The van der Waals surface area contributed by atoms with Crippen LogP contribution in [0.25, 0.3) is 0 Å². The molecule has 5 heteroatoms. The molecule has 1 saturated heterocycles. The molecule has 21 heavy (non-hydrogen) atoms. The first-order valence-electron chi connectivity index (χ1n) is 7.52. The summed E-state index contributed by atoms with van der Waals surface area (Å²) in [4.78, 5) is 14.6. The van der Waals surface area contributed by atoms with Crippen molar-refractivity contribution >= 4 is 5.91 Å². The van der Waals surface area contributed by atoms with Crippen LogP contribution in [0.15, 0.2) is 29.0 Å². The number of likely N-dealkylation sites (tertiary alicyclic amines) is 1. The Labute approximate surface area is 124 Å². The van der Waals surface area contributed by atoms with Gasteiger partial charge in [0.1, 0.15) is 0 Å². The molecule has 1 atom stereocenters. The second-order valence-corrected chi connectivity index (χ2v) is 5.96. The SMILES string of the molecule is CC(C)c1ccoc1C(=O)N1CCCC(c2ccn[nH]2)C1. The van der Waals surface area contributed by atoms with Crippen LogP contribution in [0.4, 0.5) is 0 Å². The number of aromatic amines is 1. The Hall–Kier alpha value is -2.04. The van der Waals surface area contributed by atoms with Crippen molar-refractivity contribution in [3.05, 3.63) is 41.6 Å². The fourth-order valence-corrected chi connectivity index (χ4v) is 3.00. The van der Waals surface area contributed by atoms with Gasteiger partial charge < -0.3 is 9.32 Å². The number of H-pyrrole nitrogens is 1. The van der Waals surface area contributed by atoms with E-state index in [0.29, 0.717) is 11.7 Å². The summed E-state index contributed by atoms with van der Waals surface area (Å²) in [5.41, 5.74) is 2.10. The zero-order chi connectivity index (χ0) is 14.8. The number of aromatic nitrogens is 2. The lowest BCUT2D eigenvalue weighted by molar-refractivity contribution is 0.0671. The highest BCUT2D eigenvalue weighted by atomic mass is 16.3. The van der Waals surface area contributed by atoms with Gasteiger partial charge >= 0.3 is 0 Å². The second-order valence-electron chi connectivity index (χ2n) is 5.96. The van der Waals surface area contributed by atoms with Crippen LogP contribution in [0.3, 0.4) is 0 Å². The molecule has 3 heterocycles. The van der Waals surface area contributed by atoms with E-state index in [0.717, 1.165) is 37.2 Å². The van der Waals surface area contributed by atoms with Gasteiger partial charge in [0, 0.05) is 36.5 Å². The van der Waals surface area contributed by atoms with Crippen LogP contribution in [-0.4, -0.2) is 34.1 Å². The minimum absolute atomic E-state index is 0.00733. The number of nitrogens with zero attached hydrogens (tertiary/aromatic N) is 2. The molecule has 1 aliphatic rings. The van der Waals surface area contributed by atoms with E-state index in [9.17, 15) is 4.79 Å². The zero-order valence-electron chi connectivity index (χ0n) is 12.5. The summed E-state index contributed by atoms with van der Waals surface area (Å²) in [7, 11) is 0. The number of piperidine rings is 1. The molecule has 112 valence electrons. The third-order valence-corrected chi connectivity index (χ3v) is 4.18. The first-order valence-corrected chi connectivity index (χ1v) is 7.52. The number of hydrogen-bond acceptors (Lipinski definition) is 3. The van der Waals surface area contributed by atoms with Crippen molar-refractivity contribution in [1.29, 1.82) is 0 Å². The highest BCUT2D eigenvalue weighted by Gasteiger charge is 2.29. The molecule has 1 unspecified atom stereocenters. The van der Waals surface area contributed by atoms with Crippen LogP contribution in [0.2, 0.25) is 0 Å². The Morgan fingerprint density at radius 2 is 2.33 bits per heavy atom. The predicted octanol–water partition coefficient (Wildman–Crippen LogP) is 3.15. The van der Waals surface area contributed by atoms with Gasteiger partial charge in [0.2, 0.25) is 0 Å². The highest BCUT2D eigenvalue weighted by Crippen LogP contribution is 2.28. The van der Waals surface area contributed by atoms with Gasteiger partial charge in [-0.15, -0.1) is 0 Å². The lowest BCUT2D eigenvalue weighted by atomic mass is 9.94. The summed E-state index contributed by atoms with van der Waals surface area (Å²) in [5.74, 6) is 1.13. The normalized spacial score (nSPS) is 19.2. The van der Waals surface area contributed by atoms with Gasteiger partial charge in [-0.25, -0.2) is 0 Å². The van der Waals surface area contributed by atoms with E-state index in [4.69, 9.17) is 4.42 Å². The number of hydrogen-bond donors (Lipinski definition) is 1. The van der Waals surface area contributed by atoms with Crippen LogP contribution < -0.4 is 0 Å². The molecule has 0 aromatic carbocycles. The summed E-state index contributed by atoms with van der Waals surface area (Å²) in [6, 6.07) is 3.89. The van der Waals surface area contributed by atoms with Crippen molar-refractivity contribution in [1.82, 2.24) is 15.1 Å². The molecule has 2 aromatic heterocycles. The minimum atomic E-state index is 0.00733. The molecule has 2 aromatic rings. The lowest BCUT2D eigenvalue weighted by Crippen LogP contribution is -2.39. The topological polar surface area (TPSA) is 62.1 Å². The summed E-state index contributed by atoms with van der Waals surface area (Å²) >= 11 is 0. The first-order chi connectivity index (χ1) is 10.2. The quantitative estimate of drug-likeness (QED) is 0.943. The third-order valence-electron chi connectivity index (χ3n) is 4.18. The van der Waals surface area contributed by atoms with E-state index in [-0.39, 0.29) is 11.8 Å². The average Bonchev–Trinajstić information content (AvgIpc) is 3.17. The summed E-state index contributed by atoms with van der Waals surface area (Å²) in [5, 5.41) is 7.03. The number of amides is 1. The number of furan rings is 1. The molecule has 1 fully saturated rings. The van der Waals surface area contributed by atoms with Crippen molar-refractivity contribution in [2.24, 2.45) is 0 Å². The number of nitrogens with one attached hydrogen (secondary N) is 1. The van der Waals surface area contributed by atoms with Crippen molar-refractivity contribution < 1.29 is 9.21 Å². The van der Waals surface area contributed by atoms with Crippen molar-refractivity contribution in [3.63, 3.8) is 0 Å².